The minimum Gasteiger partial charge on any atom is -0.481 e. The smallest absolute Gasteiger partial charge is 0.220 e. The number of hydrogen-bond acceptors (Lipinski definition) is 3. The summed E-state index contributed by atoms with van der Waals surface area (Å²) >= 11 is 3.34. The third-order valence-corrected chi connectivity index (χ3v) is 2.85. The maximum Gasteiger partial charge on any atom is 0.220 e. The average Bonchev–Trinajstić information content (AvgIpc) is 2.37. The number of ether oxygens (including phenoxy) is 1. The molecule has 1 amide bonds. The van der Waals surface area contributed by atoms with E-state index in [1.807, 2.05) is 12.1 Å². The van der Waals surface area contributed by atoms with Gasteiger partial charge in [0, 0.05) is 30.6 Å². The van der Waals surface area contributed by atoms with Crippen LogP contribution in [0.2, 0.25) is 0 Å². The molecule has 0 fully saturated rings. The Morgan fingerprint density at radius 3 is 3.06 bits per heavy atom. The van der Waals surface area contributed by atoms with E-state index in [0.717, 1.165) is 23.7 Å². The molecule has 0 atom stereocenters. The van der Waals surface area contributed by atoms with Crippen LogP contribution in [-0.2, 0) is 11.3 Å². The summed E-state index contributed by atoms with van der Waals surface area (Å²) in [6, 6.07) is 3.68. The Morgan fingerprint density at radius 1 is 1.53 bits per heavy atom. The van der Waals surface area contributed by atoms with Gasteiger partial charge >= 0.3 is 0 Å². The van der Waals surface area contributed by atoms with Crippen LogP contribution in [-0.4, -0.2) is 23.3 Å². The number of hydrogen-bond donors (Lipinski definition) is 1. The van der Waals surface area contributed by atoms with E-state index in [1.165, 1.54) is 0 Å². The van der Waals surface area contributed by atoms with Crippen LogP contribution in [0.4, 0.5) is 0 Å². The first-order chi connectivity index (χ1) is 8.26. The molecule has 0 bridgehead atoms. The molecule has 1 aromatic heterocycles. The summed E-state index contributed by atoms with van der Waals surface area (Å²) in [6.45, 7) is 0.520. The fourth-order valence-corrected chi connectivity index (χ4v) is 1.74. The number of rotatable bonds is 7. The molecular formula is C12H17BrN2O2. The second kappa shape index (κ2) is 8.06. The molecule has 0 spiro atoms. The fourth-order valence-electron chi connectivity index (χ4n) is 1.34. The number of carbonyl (C=O) groups excluding carboxylic acids is 1. The summed E-state index contributed by atoms with van der Waals surface area (Å²) in [5.74, 6) is 0.651. The summed E-state index contributed by atoms with van der Waals surface area (Å²) in [4.78, 5) is 15.5. The third-order valence-electron chi connectivity index (χ3n) is 2.29. The van der Waals surface area contributed by atoms with Gasteiger partial charge in [-0.15, -0.1) is 0 Å². The molecule has 1 rings (SSSR count). The predicted molar refractivity (Wildman–Crippen MR) is 70.3 cm³/mol. The maximum atomic E-state index is 11.5. The van der Waals surface area contributed by atoms with Crippen molar-refractivity contribution in [3.63, 3.8) is 0 Å². The Bertz CT molecular complexity index is 358. The molecule has 0 aliphatic heterocycles. The van der Waals surface area contributed by atoms with Crippen LogP contribution in [0.15, 0.2) is 18.3 Å². The largest absolute Gasteiger partial charge is 0.481 e. The van der Waals surface area contributed by atoms with Crippen LogP contribution in [0.25, 0.3) is 0 Å². The summed E-state index contributed by atoms with van der Waals surface area (Å²) < 4.78 is 5.01. The molecule has 17 heavy (non-hydrogen) atoms. The number of aromatic nitrogens is 1. The number of methoxy groups -OCH3 is 1. The highest BCUT2D eigenvalue weighted by Gasteiger charge is 2.02. The normalized spacial score (nSPS) is 10.0. The van der Waals surface area contributed by atoms with Gasteiger partial charge in [0.1, 0.15) is 0 Å². The monoisotopic (exact) mass is 300 g/mol. The van der Waals surface area contributed by atoms with E-state index in [0.29, 0.717) is 18.8 Å². The molecule has 0 aliphatic carbocycles. The molecule has 0 radical (unpaired) electrons. The first-order valence-electron chi connectivity index (χ1n) is 5.58. The molecule has 1 aromatic rings. The first-order valence-corrected chi connectivity index (χ1v) is 6.70. The summed E-state index contributed by atoms with van der Waals surface area (Å²) in [5, 5.41) is 3.82. The Balaban J connectivity index is 2.31. The molecule has 1 heterocycles. The van der Waals surface area contributed by atoms with E-state index in [4.69, 9.17) is 4.74 Å². The van der Waals surface area contributed by atoms with Gasteiger partial charge < -0.3 is 10.1 Å². The van der Waals surface area contributed by atoms with Gasteiger partial charge in [-0.25, -0.2) is 4.98 Å². The lowest BCUT2D eigenvalue weighted by Crippen LogP contribution is -2.22. The molecule has 1 N–H and O–H groups in total. The number of unbranched alkanes of at least 4 members (excludes halogenated alkanes) is 1. The minimum atomic E-state index is 0.0849. The van der Waals surface area contributed by atoms with E-state index in [-0.39, 0.29) is 5.91 Å². The summed E-state index contributed by atoms with van der Waals surface area (Å²) in [7, 11) is 1.57. The molecule has 5 heteroatoms. The zero-order valence-corrected chi connectivity index (χ0v) is 11.5. The molecule has 0 aromatic carbocycles. The highest BCUT2D eigenvalue weighted by molar-refractivity contribution is 9.09. The van der Waals surface area contributed by atoms with Gasteiger partial charge in [-0.3, -0.25) is 4.79 Å². The molecule has 94 valence electrons. The number of halogens is 1. The molecule has 4 nitrogen and oxygen atoms in total. The van der Waals surface area contributed by atoms with Crippen molar-refractivity contribution in [1.82, 2.24) is 10.3 Å². The van der Waals surface area contributed by atoms with Gasteiger partial charge in [-0.1, -0.05) is 15.9 Å². The fraction of sp³-hybridized carbons (Fsp3) is 0.500. The van der Waals surface area contributed by atoms with Crippen molar-refractivity contribution >= 4 is 21.8 Å². The second-order valence-electron chi connectivity index (χ2n) is 3.63. The van der Waals surface area contributed by atoms with E-state index in [1.54, 1.807) is 13.3 Å². The maximum absolute atomic E-state index is 11.5. The lowest BCUT2D eigenvalue weighted by atomic mass is 10.2. The van der Waals surface area contributed by atoms with Crippen molar-refractivity contribution in [2.45, 2.75) is 25.8 Å². The zero-order chi connectivity index (χ0) is 12.5. The number of nitrogens with zero attached hydrogens (tertiary/aromatic N) is 1. The number of nitrogens with one attached hydrogen (secondary N) is 1. The highest BCUT2D eigenvalue weighted by Crippen LogP contribution is 2.08. The zero-order valence-electron chi connectivity index (χ0n) is 9.91. The van der Waals surface area contributed by atoms with Gasteiger partial charge in [0.25, 0.3) is 0 Å². The topological polar surface area (TPSA) is 51.2 Å². The van der Waals surface area contributed by atoms with Crippen molar-refractivity contribution < 1.29 is 9.53 Å². The molecular weight excluding hydrogens is 284 g/mol. The van der Waals surface area contributed by atoms with Crippen molar-refractivity contribution in [3.8, 4) is 5.88 Å². The van der Waals surface area contributed by atoms with Crippen LogP contribution >= 0.6 is 15.9 Å². The van der Waals surface area contributed by atoms with Crippen molar-refractivity contribution in [1.29, 1.82) is 0 Å². The number of amides is 1. The number of alkyl halides is 1. The van der Waals surface area contributed by atoms with Crippen molar-refractivity contribution in [2.24, 2.45) is 0 Å². The Morgan fingerprint density at radius 2 is 2.35 bits per heavy atom. The Labute approximate surface area is 110 Å². The van der Waals surface area contributed by atoms with Crippen LogP contribution in [0, 0.1) is 0 Å². The lowest BCUT2D eigenvalue weighted by Gasteiger charge is -2.06. The van der Waals surface area contributed by atoms with Crippen molar-refractivity contribution in [2.75, 3.05) is 12.4 Å². The lowest BCUT2D eigenvalue weighted by molar-refractivity contribution is -0.121. The first kappa shape index (κ1) is 14.0. The molecule has 0 aliphatic rings. The van der Waals surface area contributed by atoms with Crippen LogP contribution in [0.1, 0.15) is 24.8 Å². The Kier molecular flexibility index (Phi) is 6.62. The third kappa shape index (κ3) is 5.68. The SMILES string of the molecule is COc1cc(CNC(=O)CCCCBr)ccn1. The Hall–Kier alpha value is -1.10. The number of carbonyl (C=O) groups is 1. The van der Waals surface area contributed by atoms with E-state index in [9.17, 15) is 4.79 Å². The quantitative estimate of drug-likeness (QED) is 0.621. The summed E-state index contributed by atoms with van der Waals surface area (Å²) in [6.07, 6.45) is 4.19. The van der Waals surface area contributed by atoms with E-state index < -0.39 is 0 Å². The number of pyridine rings is 1. The van der Waals surface area contributed by atoms with Gasteiger partial charge in [0.05, 0.1) is 7.11 Å². The minimum absolute atomic E-state index is 0.0849. The van der Waals surface area contributed by atoms with Crippen LogP contribution < -0.4 is 10.1 Å². The van der Waals surface area contributed by atoms with E-state index >= 15 is 0 Å². The standard InChI is InChI=1S/C12H17BrN2O2/c1-17-12-8-10(5-7-14-12)9-15-11(16)4-2-3-6-13/h5,7-8H,2-4,6,9H2,1H3,(H,15,16). The molecule has 0 unspecified atom stereocenters. The van der Waals surface area contributed by atoms with Crippen LogP contribution in [0.3, 0.4) is 0 Å². The van der Waals surface area contributed by atoms with Crippen molar-refractivity contribution in [3.05, 3.63) is 23.9 Å². The average molecular weight is 301 g/mol. The molecule has 0 saturated heterocycles. The highest BCUT2D eigenvalue weighted by atomic mass is 79.9. The predicted octanol–water partition coefficient (Wildman–Crippen LogP) is 2.27. The van der Waals surface area contributed by atoms with Gasteiger partial charge in [-0.05, 0) is 24.5 Å². The van der Waals surface area contributed by atoms with Gasteiger partial charge in [0.2, 0.25) is 11.8 Å². The van der Waals surface area contributed by atoms with E-state index in [2.05, 4.69) is 26.2 Å². The van der Waals surface area contributed by atoms with Gasteiger partial charge in [0.15, 0.2) is 0 Å². The van der Waals surface area contributed by atoms with Gasteiger partial charge in [-0.2, -0.15) is 0 Å². The molecule has 0 saturated carbocycles. The second-order valence-corrected chi connectivity index (χ2v) is 4.42. The van der Waals surface area contributed by atoms with Crippen LogP contribution in [0.5, 0.6) is 5.88 Å². The summed E-state index contributed by atoms with van der Waals surface area (Å²) in [5.41, 5.74) is 0.991.